The molecule has 0 bridgehead atoms. The van der Waals surface area contributed by atoms with Gasteiger partial charge in [0, 0.05) is 13.1 Å². The number of hydrogen-bond donors (Lipinski definition) is 2. The first-order chi connectivity index (χ1) is 10.1. The van der Waals surface area contributed by atoms with Gasteiger partial charge in [-0.25, -0.2) is 4.39 Å². The fraction of sp³-hybridized carbons (Fsp3) is 0.647. The fourth-order valence-electron chi connectivity index (χ4n) is 3.06. The van der Waals surface area contributed by atoms with E-state index in [1.807, 2.05) is 6.07 Å². The van der Waals surface area contributed by atoms with Crippen LogP contribution in [0.25, 0.3) is 0 Å². The van der Waals surface area contributed by atoms with Crippen LogP contribution in [0.1, 0.15) is 44.6 Å². The second-order valence-corrected chi connectivity index (χ2v) is 6.15. The van der Waals surface area contributed by atoms with Gasteiger partial charge in [0.05, 0.1) is 12.7 Å². The van der Waals surface area contributed by atoms with Crippen LogP contribution in [0.15, 0.2) is 18.2 Å². The lowest BCUT2D eigenvalue weighted by Crippen LogP contribution is -2.43. The quantitative estimate of drug-likeness (QED) is 0.846. The summed E-state index contributed by atoms with van der Waals surface area (Å²) in [6.07, 6.45) is 5.12. The van der Waals surface area contributed by atoms with Gasteiger partial charge < -0.3 is 15.2 Å². The van der Waals surface area contributed by atoms with E-state index in [9.17, 15) is 9.50 Å². The maximum atomic E-state index is 13.6. The molecule has 0 aromatic heterocycles. The Morgan fingerprint density at radius 2 is 2.10 bits per heavy atom. The van der Waals surface area contributed by atoms with E-state index < -0.39 is 5.60 Å². The number of benzene rings is 1. The van der Waals surface area contributed by atoms with Crippen molar-refractivity contribution in [2.75, 3.05) is 13.7 Å². The summed E-state index contributed by atoms with van der Waals surface area (Å²) in [6.45, 7) is 3.34. The minimum absolute atomic E-state index is 0.260. The molecule has 1 aromatic rings. The van der Waals surface area contributed by atoms with Gasteiger partial charge in [-0.05, 0) is 49.3 Å². The molecule has 0 heterocycles. The number of halogens is 1. The molecule has 1 saturated carbocycles. The Labute approximate surface area is 126 Å². The average Bonchev–Trinajstić information content (AvgIpc) is 2.48. The molecule has 0 atom stereocenters. The van der Waals surface area contributed by atoms with Gasteiger partial charge in [0.15, 0.2) is 11.6 Å². The van der Waals surface area contributed by atoms with E-state index >= 15 is 0 Å². The van der Waals surface area contributed by atoms with Gasteiger partial charge in [0.1, 0.15) is 0 Å². The Kier molecular flexibility index (Phi) is 5.59. The summed E-state index contributed by atoms with van der Waals surface area (Å²) in [7, 11) is 1.46. The van der Waals surface area contributed by atoms with Gasteiger partial charge in [0.2, 0.25) is 0 Å². The largest absolute Gasteiger partial charge is 0.494 e. The molecular weight excluding hydrogens is 269 g/mol. The summed E-state index contributed by atoms with van der Waals surface area (Å²) in [5, 5.41) is 13.8. The first-order valence-electron chi connectivity index (χ1n) is 7.82. The second-order valence-electron chi connectivity index (χ2n) is 6.15. The molecule has 1 fully saturated rings. The molecule has 0 saturated heterocycles. The Bertz CT molecular complexity index is 456. The van der Waals surface area contributed by atoms with Gasteiger partial charge in [-0.15, -0.1) is 0 Å². The van der Waals surface area contributed by atoms with Crippen molar-refractivity contribution in [1.29, 1.82) is 0 Å². The van der Waals surface area contributed by atoms with Crippen molar-refractivity contribution in [3.05, 3.63) is 29.6 Å². The Hall–Kier alpha value is -1.13. The number of aliphatic hydroxyl groups is 1. The molecule has 1 aromatic carbocycles. The highest BCUT2D eigenvalue weighted by molar-refractivity contribution is 5.29. The standard InChI is InChI=1S/C17H26FNO2/c1-3-13-6-8-17(20,9-7-13)12-19-11-14-4-5-16(21-2)15(18)10-14/h4-5,10,13,19-20H,3,6-9,11-12H2,1-2H3. The van der Waals surface area contributed by atoms with Gasteiger partial charge in [-0.1, -0.05) is 19.4 Å². The van der Waals surface area contributed by atoms with Gasteiger partial charge in [-0.2, -0.15) is 0 Å². The minimum atomic E-state index is -0.601. The number of ether oxygens (including phenoxy) is 1. The number of methoxy groups -OCH3 is 1. The van der Waals surface area contributed by atoms with Crippen LogP contribution < -0.4 is 10.1 Å². The van der Waals surface area contributed by atoms with E-state index in [-0.39, 0.29) is 11.6 Å². The van der Waals surface area contributed by atoms with Gasteiger partial charge in [-0.3, -0.25) is 0 Å². The highest BCUT2D eigenvalue weighted by Gasteiger charge is 2.32. The summed E-state index contributed by atoms with van der Waals surface area (Å²) >= 11 is 0. The summed E-state index contributed by atoms with van der Waals surface area (Å²) in [5.41, 5.74) is 0.260. The molecule has 1 aliphatic rings. The van der Waals surface area contributed by atoms with E-state index in [1.165, 1.54) is 19.6 Å². The van der Waals surface area contributed by atoms with Crippen LogP contribution in [-0.4, -0.2) is 24.4 Å². The maximum Gasteiger partial charge on any atom is 0.165 e. The van der Waals surface area contributed by atoms with Crippen molar-refractivity contribution >= 4 is 0 Å². The first kappa shape index (κ1) is 16.2. The fourth-order valence-corrected chi connectivity index (χ4v) is 3.06. The maximum absolute atomic E-state index is 13.6. The van der Waals surface area contributed by atoms with Crippen LogP contribution in [0.4, 0.5) is 4.39 Å². The number of hydrogen-bond acceptors (Lipinski definition) is 3. The van der Waals surface area contributed by atoms with Crippen LogP contribution in [0.3, 0.4) is 0 Å². The van der Waals surface area contributed by atoms with Crippen molar-refractivity contribution in [3.8, 4) is 5.75 Å². The van der Waals surface area contributed by atoms with E-state index in [4.69, 9.17) is 4.74 Å². The van der Waals surface area contributed by atoms with Crippen molar-refractivity contribution in [2.45, 2.75) is 51.2 Å². The third-order valence-electron chi connectivity index (χ3n) is 4.61. The molecule has 2 rings (SSSR count). The molecule has 1 aliphatic carbocycles. The SMILES string of the molecule is CCC1CCC(O)(CNCc2ccc(OC)c(F)c2)CC1. The molecule has 0 amide bonds. The molecule has 21 heavy (non-hydrogen) atoms. The lowest BCUT2D eigenvalue weighted by molar-refractivity contribution is -0.00881. The van der Waals surface area contributed by atoms with E-state index in [0.29, 0.717) is 13.1 Å². The predicted octanol–water partition coefficient (Wildman–Crippen LogP) is 3.26. The third-order valence-corrected chi connectivity index (χ3v) is 4.61. The van der Waals surface area contributed by atoms with Gasteiger partial charge in [0.25, 0.3) is 0 Å². The zero-order chi connectivity index (χ0) is 15.3. The summed E-state index contributed by atoms with van der Waals surface area (Å²) in [4.78, 5) is 0. The summed E-state index contributed by atoms with van der Waals surface area (Å²) in [6, 6.07) is 4.95. The predicted molar refractivity (Wildman–Crippen MR) is 81.9 cm³/mol. The highest BCUT2D eigenvalue weighted by Crippen LogP contribution is 2.33. The molecular formula is C17H26FNO2. The third kappa shape index (κ3) is 4.42. The van der Waals surface area contributed by atoms with Crippen molar-refractivity contribution < 1.29 is 14.2 Å². The topological polar surface area (TPSA) is 41.5 Å². The van der Waals surface area contributed by atoms with Crippen LogP contribution in [0, 0.1) is 11.7 Å². The van der Waals surface area contributed by atoms with Crippen LogP contribution >= 0.6 is 0 Å². The first-order valence-corrected chi connectivity index (χ1v) is 7.82. The van der Waals surface area contributed by atoms with Crippen LogP contribution in [0.2, 0.25) is 0 Å². The Morgan fingerprint density at radius 3 is 2.67 bits per heavy atom. The molecule has 0 aliphatic heterocycles. The summed E-state index contributed by atoms with van der Waals surface area (Å²) in [5.74, 6) is 0.676. The number of rotatable bonds is 6. The minimum Gasteiger partial charge on any atom is -0.494 e. The Morgan fingerprint density at radius 1 is 1.38 bits per heavy atom. The van der Waals surface area contributed by atoms with E-state index in [1.54, 1.807) is 6.07 Å². The molecule has 2 N–H and O–H groups in total. The molecule has 0 spiro atoms. The monoisotopic (exact) mass is 295 g/mol. The highest BCUT2D eigenvalue weighted by atomic mass is 19.1. The molecule has 3 nitrogen and oxygen atoms in total. The van der Waals surface area contributed by atoms with Crippen LogP contribution in [0.5, 0.6) is 5.75 Å². The zero-order valence-corrected chi connectivity index (χ0v) is 13.0. The lowest BCUT2D eigenvalue weighted by atomic mass is 9.78. The van der Waals surface area contributed by atoms with Crippen molar-refractivity contribution in [1.82, 2.24) is 5.32 Å². The zero-order valence-electron chi connectivity index (χ0n) is 13.0. The van der Waals surface area contributed by atoms with Crippen LogP contribution in [-0.2, 0) is 6.54 Å². The van der Waals surface area contributed by atoms with Crippen molar-refractivity contribution in [2.24, 2.45) is 5.92 Å². The van der Waals surface area contributed by atoms with Crippen molar-refractivity contribution in [3.63, 3.8) is 0 Å². The smallest absolute Gasteiger partial charge is 0.165 e. The molecule has 118 valence electrons. The second kappa shape index (κ2) is 7.23. The lowest BCUT2D eigenvalue weighted by Gasteiger charge is -2.36. The Balaban J connectivity index is 1.80. The normalized spacial score (nSPS) is 25.8. The molecule has 0 radical (unpaired) electrons. The number of nitrogens with one attached hydrogen (secondary N) is 1. The molecule has 0 unspecified atom stereocenters. The van der Waals surface area contributed by atoms with E-state index in [2.05, 4.69) is 12.2 Å². The van der Waals surface area contributed by atoms with Gasteiger partial charge >= 0.3 is 0 Å². The summed E-state index contributed by atoms with van der Waals surface area (Å²) < 4.78 is 18.5. The molecule has 4 heteroatoms. The van der Waals surface area contributed by atoms with E-state index in [0.717, 1.165) is 37.2 Å². The average molecular weight is 295 g/mol.